The first-order valence-electron chi connectivity index (χ1n) is 7.08. The summed E-state index contributed by atoms with van der Waals surface area (Å²) in [7, 11) is 1.84. The summed E-state index contributed by atoms with van der Waals surface area (Å²) in [6, 6.07) is 7.45. The molecule has 1 aromatic carbocycles. The second-order valence-corrected chi connectivity index (χ2v) is 5.44. The molecular formula is C15H20N2O3. The van der Waals surface area contributed by atoms with Gasteiger partial charge in [0.05, 0.1) is 0 Å². The van der Waals surface area contributed by atoms with E-state index < -0.39 is 6.10 Å². The quantitative estimate of drug-likeness (QED) is 0.891. The average Bonchev–Trinajstić information content (AvgIpc) is 2.99. The van der Waals surface area contributed by atoms with Crippen LogP contribution in [0.3, 0.4) is 0 Å². The summed E-state index contributed by atoms with van der Waals surface area (Å²) in [4.78, 5) is 14.2. The van der Waals surface area contributed by atoms with Gasteiger partial charge in [0, 0.05) is 13.6 Å². The molecule has 1 aromatic rings. The van der Waals surface area contributed by atoms with E-state index in [1.807, 2.05) is 31.3 Å². The number of benzene rings is 1. The Hall–Kier alpha value is -1.75. The van der Waals surface area contributed by atoms with Gasteiger partial charge in [-0.1, -0.05) is 12.1 Å². The van der Waals surface area contributed by atoms with Crippen molar-refractivity contribution in [3.8, 4) is 11.5 Å². The topological polar surface area (TPSA) is 50.8 Å². The lowest BCUT2D eigenvalue weighted by Crippen LogP contribution is -2.46. The van der Waals surface area contributed by atoms with E-state index >= 15 is 0 Å². The predicted molar refractivity (Wildman–Crippen MR) is 75.0 cm³/mol. The van der Waals surface area contributed by atoms with Gasteiger partial charge >= 0.3 is 0 Å². The number of hydrogen-bond acceptors (Lipinski definition) is 4. The highest BCUT2D eigenvalue weighted by atomic mass is 16.6. The maximum atomic E-state index is 12.4. The number of hydrogen-bond donors (Lipinski definition) is 1. The Labute approximate surface area is 118 Å². The number of ether oxygens (including phenoxy) is 2. The van der Waals surface area contributed by atoms with Crippen molar-refractivity contribution in [2.45, 2.75) is 12.5 Å². The van der Waals surface area contributed by atoms with Crippen molar-refractivity contribution in [1.82, 2.24) is 10.2 Å². The molecule has 5 nitrogen and oxygen atoms in total. The highest BCUT2D eigenvalue weighted by molar-refractivity contribution is 5.81. The van der Waals surface area contributed by atoms with Gasteiger partial charge in [-0.25, -0.2) is 0 Å². The molecule has 108 valence electrons. The Morgan fingerprint density at radius 1 is 1.40 bits per heavy atom. The second kappa shape index (κ2) is 5.71. The van der Waals surface area contributed by atoms with Gasteiger partial charge in [0.1, 0.15) is 6.61 Å². The largest absolute Gasteiger partial charge is 0.485 e. The van der Waals surface area contributed by atoms with Crippen LogP contribution in [-0.4, -0.2) is 50.2 Å². The first-order valence-corrected chi connectivity index (χ1v) is 7.08. The Balaban J connectivity index is 1.60. The Morgan fingerprint density at radius 2 is 2.20 bits per heavy atom. The third-order valence-electron chi connectivity index (χ3n) is 3.85. The summed E-state index contributed by atoms with van der Waals surface area (Å²) < 4.78 is 11.3. The van der Waals surface area contributed by atoms with Crippen LogP contribution in [0.4, 0.5) is 0 Å². The molecule has 5 heteroatoms. The minimum atomic E-state index is -0.538. The molecule has 20 heavy (non-hydrogen) atoms. The number of amides is 1. The monoisotopic (exact) mass is 276 g/mol. The van der Waals surface area contributed by atoms with Gasteiger partial charge in [-0.15, -0.1) is 0 Å². The van der Waals surface area contributed by atoms with Gasteiger partial charge in [0.2, 0.25) is 6.10 Å². The second-order valence-electron chi connectivity index (χ2n) is 5.44. The van der Waals surface area contributed by atoms with E-state index in [1.165, 1.54) is 0 Å². The van der Waals surface area contributed by atoms with Gasteiger partial charge in [-0.3, -0.25) is 4.79 Å². The maximum Gasteiger partial charge on any atom is 0.267 e. The molecule has 0 bridgehead atoms. The fourth-order valence-electron chi connectivity index (χ4n) is 2.73. The van der Waals surface area contributed by atoms with Gasteiger partial charge in [-0.2, -0.15) is 0 Å². The van der Waals surface area contributed by atoms with Gasteiger partial charge < -0.3 is 19.7 Å². The summed E-state index contributed by atoms with van der Waals surface area (Å²) in [5, 5.41) is 3.32. The van der Waals surface area contributed by atoms with E-state index in [0.29, 0.717) is 17.4 Å². The number of carbonyl (C=O) groups is 1. The standard InChI is InChI=1S/C15H20N2O3/c1-17(9-11-6-7-16-8-11)15(18)14-10-19-12-4-2-3-5-13(12)20-14/h2-5,11,14,16H,6-10H2,1H3/t11-,14-/m1/s1. The van der Waals surface area contributed by atoms with Crippen LogP contribution in [0.5, 0.6) is 11.5 Å². The number of fused-ring (bicyclic) bond motifs is 1. The van der Waals surface area contributed by atoms with Crippen LogP contribution in [0.25, 0.3) is 0 Å². The molecule has 1 fully saturated rings. The summed E-state index contributed by atoms with van der Waals surface area (Å²) >= 11 is 0. The number of carbonyl (C=O) groups excluding carboxylic acids is 1. The molecule has 1 amide bonds. The van der Waals surface area contributed by atoms with Crippen molar-refractivity contribution in [3.05, 3.63) is 24.3 Å². The predicted octanol–water partition coefficient (Wildman–Crippen LogP) is 0.894. The highest BCUT2D eigenvalue weighted by Gasteiger charge is 2.30. The molecule has 0 spiro atoms. The minimum Gasteiger partial charge on any atom is -0.485 e. The molecule has 2 heterocycles. The number of nitrogens with zero attached hydrogens (tertiary/aromatic N) is 1. The van der Waals surface area contributed by atoms with Crippen molar-refractivity contribution in [3.63, 3.8) is 0 Å². The van der Waals surface area contributed by atoms with E-state index in [4.69, 9.17) is 9.47 Å². The van der Waals surface area contributed by atoms with Gasteiger partial charge in [0.25, 0.3) is 5.91 Å². The number of likely N-dealkylation sites (N-methyl/N-ethyl adjacent to an activating group) is 1. The number of para-hydroxylation sites is 2. The van der Waals surface area contributed by atoms with Crippen LogP contribution in [0.2, 0.25) is 0 Å². The SMILES string of the molecule is CN(C[C@@H]1CCNC1)C(=O)[C@H]1COc2ccccc2O1. The first-order chi connectivity index (χ1) is 9.74. The van der Waals surface area contributed by atoms with Crippen molar-refractivity contribution < 1.29 is 14.3 Å². The summed E-state index contributed by atoms with van der Waals surface area (Å²) in [5.74, 6) is 1.89. The third kappa shape index (κ3) is 2.72. The molecular weight excluding hydrogens is 256 g/mol. The fraction of sp³-hybridized carbons (Fsp3) is 0.533. The molecule has 1 N–H and O–H groups in total. The number of rotatable bonds is 3. The normalized spacial score (nSPS) is 24.4. The van der Waals surface area contributed by atoms with Crippen molar-refractivity contribution in [1.29, 1.82) is 0 Å². The zero-order valence-corrected chi connectivity index (χ0v) is 11.7. The van der Waals surface area contributed by atoms with Crippen LogP contribution in [0.1, 0.15) is 6.42 Å². The van der Waals surface area contributed by atoms with Crippen LogP contribution in [0.15, 0.2) is 24.3 Å². The smallest absolute Gasteiger partial charge is 0.267 e. The summed E-state index contributed by atoms with van der Waals surface area (Å²) in [6.07, 6.45) is 0.590. The lowest BCUT2D eigenvalue weighted by Gasteiger charge is -2.29. The van der Waals surface area contributed by atoms with Crippen LogP contribution < -0.4 is 14.8 Å². The van der Waals surface area contributed by atoms with E-state index in [1.54, 1.807) is 4.90 Å². The Morgan fingerprint density at radius 3 is 2.95 bits per heavy atom. The molecule has 0 aliphatic carbocycles. The molecule has 0 unspecified atom stereocenters. The van der Waals surface area contributed by atoms with Crippen LogP contribution in [0, 0.1) is 5.92 Å². The van der Waals surface area contributed by atoms with Crippen molar-refractivity contribution in [2.75, 3.05) is 33.3 Å². The molecule has 3 rings (SSSR count). The van der Waals surface area contributed by atoms with E-state index in [0.717, 1.165) is 26.1 Å². The lowest BCUT2D eigenvalue weighted by molar-refractivity contribution is -0.140. The van der Waals surface area contributed by atoms with E-state index in [-0.39, 0.29) is 12.5 Å². The molecule has 2 aliphatic rings. The average molecular weight is 276 g/mol. The van der Waals surface area contributed by atoms with Crippen LogP contribution >= 0.6 is 0 Å². The number of nitrogens with one attached hydrogen (secondary N) is 1. The molecule has 1 saturated heterocycles. The van der Waals surface area contributed by atoms with Crippen molar-refractivity contribution >= 4 is 5.91 Å². The zero-order valence-electron chi connectivity index (χ0n) is 11.7. The Kier molecular flexibility index (Phi) is 3.78. The molecule has 0 aromatic heterocycles. The van der Waals surface area contributed by atoms with E-state index in [9.17, 15) is 4.79 Å². The zero-order chi connectivity index (χ0) is 13.9. The minimum absolute atomic E-state index is 0.00796. The fourth-order valence-corrected chi connectivity index (χ4v) is 2.73. The molecule has 2 atom stereocenters. The summed E-state index contributed by atoms with van der Waals surface area (Å²) in [5.41, 5.74) is 0. The summed E-state index contributed by atoms with van der Waals surface area (Å²) in [6.45, 7) is 3.09. The molecule has 0 radical (unpaired) electrons. The first kappa shape index (κ1) is 13.2. The van der Waals surface area contributed by atoms with Crippen molar-refractivity contribution in [2.24, 2.45) is 5.92 Å². The van der Waals surface area contributed by atoms with Crippen LogP contribution in [-0.2, 0) is 4.79 Å². The maximum absolute atomic E-state index is 12.4. The Bertz CT molecular complexity index is 486. The lowest BCUT2D eigenvalue weighted by atomic mass is 10.1. The van der Waals surface area contributed by atoms with E-state index in [2.05, 4.69) is 5.32 Å². The molecule has 0 saturated carbocycles. The van der Waals surface area contributed by atoms with Gasteiger partial charge in [0.15, 0.2) is 11.5 Å². The highest BCUT2D eigenvalue weighted by Crippen LogP contribution is 2.31. The molecule has 2 aliphatic heterocycles. The third-order valence-corrected chi connectivity index (χ3v) is 3.85. The van der Waals surface area contributed by atoms with Gasteiger partial charge in [-0.05, 0) is 37.6 Å².